The zero-order valence-corrected chi connectivity index (χ0v) is 36.1. The Morgan fingerprint density at radius 2 is 1.79 bits per heavy atom. The molecule has 330 valence electrons. The first kappa shape index (κ1) is 42.2. The monoisotopic (exact) mass is 858 g/mol. The number of carbonyl (C=O) groups is 3. The van der Waals surface area contributed by atoms with E-state index in [0.29, 0.717) is 67.5 Å². The van der Waals surface area contributed by atoms with E-state index in [9.17, 15) is 19.5 Å². The Bertz CT molecular complexity index is 2550. The first-order valence-electron chi connectivity index (χ1n) is 22.1. The number of piperidine rings is 2. The Balaban J connectivity index is 0.794. The molecule has 63 heavy (non-hydrogen) atoms. The van der Waals surface area contributed by atoms with Crippen molar-refractivity contribution in [1.29, 1.82) is 0 Å². The van der Waals surface area contributed by atoms with Crippen molar-refractivity contribution >= 4 is 46.1 Å². The zero-order valence-electron chi connectivity index (χ0n) is 36.1. The molecule has 4 N–H and O–H groups in total. The number of benzene rings is 2. The van der Waals surface area contributed by atoms with Crippen LogP contribution in [0.1, 0.15) is 85.1 Å². The molecule has 15 nitrogen and oxygen atoms in total. The van der Waals surface area contributed by atoms with Gasteiger partial charge < -0.3 is 34.8 Å². The third-order valence-electron chi connectivity index (χ3n) is 13.3. The number of nitrogens with zero attached hydrogens (tertiary/aromatic N) is 8. The molecule has 0 radical (unpaired) electrons. The number of halogens is 1. The topological polar surface area (TPSA) is 175 Å². The summed E-state index contributed by atoms with van der Waals surface area (Å²) in [4.78, 5) is 50.5. The number of nitrogens with two attached hydrogens (primary N) is 1. The highest BCUT2D eigenvalue weighted by atomic mass is 19.1. The van der Waals surface area contributed by atoms with E-state index in [0.717, 1.165) is 60.1 Å². The third kappa shape index (κ3) is 8.53. The van der Waals surface area contributed by atoms with Crippen LogP contribution in [0.4, 0.5) is 26.4 Å². The van der Waals surface area contributed by atoms with Crippen LogP contribution >= 0.6 is 0 Å². The number of aryl methyl sites for hydroxylation is 2. The van der Waals surface area contributed by atoms with Crippen LogP contribution in [-0.2, 0) is 16.0 Å². The van der Waals surface area contributed by atoms with E-state index in [1.54, 1.807) is 34.2 Å². The summed E-state index contributed by atoms with van der Waals surface area (Å²) in [5, 5.41) is 22.3. The molecule has 3 aromatic heterocycles. The largest absolute Gasteiger partial charge is 0.507 e. The lowest BCUT2D eigenvalue weighted by Gasteiger charge is -2.41. The first-order chi connectivity index (χ1) is 30.4. The van der Waals surface area contributed by atoms with Crippen molar-refractivity contribution in [1.82, 2.24) is 34.9 Å². The minimum absolute atomic E-state index is 0.0974. The molecule has 4 aliphatic heterocycles. The molecule has 0 aliphatic carbocycles. The van der Waals surface area contributed by atoms with Gasteiger partial charge in [0.15, 0.2) is 5.82 Å². The van der Waals surface area contributed by atoms with Crippen molar-refractivity contribution in [3.63, 3.8) is 0 Å². The maximum Gasteiger partial charge on any atom is 0.328 e. The minimum Gasteiger partial charge on any atom is -0.507 e. The highest BCUT2D eigenvalue weighted by Gasteiger charge is 2.39. The van der Waals surface area contributed by atoms with Crippen molar-refractivity contribution in [2.24, 2.45) is 0 Å². The lowest BCUT2D eigenvalue weighted by Crippen LogP contribution is -2.51. The number of carbonyl (C=O) groups excluding carboxylic acids is 3. The second-order valence-corrected chi connectivity index (χ2v) is 17.6. The molecular weight excluding hydrogens is 804 g/mol. The van der Waals surface area contributed by atoms with Gasteiger partial charge in [-0.2, -0.15) is 0 Å². The van der Waals surface area contributed by atoms with E-state index >= 15 is 4.39 Å². The number of nitrogens with one attached hydrogen (secondary N) is 1. The fourth-order valence-electron chi connectivity index (χ4n) is 9.87. The third-order valence-corrected chi connectivity index (χ3v) is 13.3. The van der Waals surface area contributed by atoms with Crippen LogP contribution in [0.5, 0.6) is 5.75 Å². The van der Waals surface area contributed by atoms with E-state index < -0.39 is 11.7 Å². The number of pyridine rings is 1. The average Bonchev–Trinajstić information content (AvgIpc) is 3.65. The number of rotatable bonds is 9. The van der Waals surface area contributed by atoms with Crippen LogP contribution in [0.15, 0.2) is 67.0 Å². The number of alkyl halides is 1. The summed E-state index contributed by atoms with van der Waals surface area (Å²) < 4.78 is 25.2. The lowest BCUT2D eigenvalue weighted by atomic mass is 9.91. The Labute approximate surface area is 366 Å². The molecule has 0 unspecified atom stereocenters. The number of phenols is 1. The molecule has 16 heteroatoms. The number of amides is 4. The number of imide groups is 1. The minimum atomic E-state index is -1.38. The van der Waals surface area contributed by atoms with Crippen molar-refractivity contribution < 1.29 is 28.6 Å². The molecule has 0 spiro atoms. The van der Waals surface area contributed by atoms with E-state index in [1.807, 2.05) is 50.2 Å². The molecule has 4 fully saturated rings. The van der Waals surface area contributed by atoms with Crippen molar-refractivity contribution in [3.8, 4) is 17.0 Å². The van der Waals surface area contributed by atoms with E-state index in [4.69, 9.17) is 15.5 Å². The van der Waals surface area contributed by atoms with Gasteiger partial charge in [-0.25, -0.2) is 14.2 Å². The molecule has 0 saturated carbocycles. The van der Waals surface area contributed by atoms with Gasteiger partial charge in [-0.05, 0) is 86.2 Å². The highest BCUT2D eigenvalue weighted by Crippen LogP contribution is 2.38. The smallest absolute Gasteiger partial charge is 0.328 e. The first-order valence-corrected chi connectivity index (χ1v) is 22.1. The number of phenolic OH excluding ortho intramolecular Hbond substituents is 1. The number of aromatic hydroxyl groups is 1. The maximum atomic E-state index is 16.5. The standard InChI is InChI=1S/C47H55FN10O5/c1-4-31-26-58(44-37(31)22-34(24-50-44)57-18-13-42(60)51-46(57)62)33-11-16-54(17-12-33)28-47(48)14-19-55(20-15-47)45(61)32-9-10-35(29(2)21-32)41-27-56(25-30(3)63-41)39-23-38(52-53-43(39)49)36-7-5-6-8-40(36)59/h5-10,21-24,26,30,33,41,59H,4,11-20,25,27-28H2,1-3H3,(H2,49,53)(H,51,60,62)/t30-,41-/m0/s1. The summed E-state index contributed by atoms with van der Waals surface area (Å²) in [5.41, 5.74) is 11.9. The molecule has 4 saturated heterocycles. The van der Waals surface area contributed by atoms with Gasteiger partial charge >= 0.3 is 6.03 Å². The normalized spacial score (nSPS) is 21.2. The number of morpholine rings is 1. The van der Waals surface area contributed by atoms with Crippen LogP contribution in [-0.4, -0.2) is 117 Å². The second kappa shape index (κ2) is 17.2. The van der Waals surface area contributed by atoms with Gasteiger partial charge in [-0.1, -0.05) is 25.1 Å². The zero-order chi connectivity index (χ0) is 44.0. The van der Waals surface area contributed by atoms with Crippen LogP contribution in [0.25, 0.3) is 22.3 Å². The molecular formula is C47H55FN10O5. The molecule has 2 aromatic carbocycles. The fraction of sp³-hybridized carbons (Fsp3) is 0.447. The average molecular weight is 859 g/mol. The lowest BCUT2D eigenvalue weighted by molar-refractivity contribution is -0.120. The Kier molecular flexibility index (Phi) is 11.5. The number of aromatic nitrogens is 4. The number of hydrogen-bond donors (Lipinski definition) is 3. The van der Waals surface area contributed by atoms with Crippen molar-refractivity contribution in [3.05, 3.63) is 89.2 Å². The summed E-state index contributed by atoms with van der Waals surface area (Å²) in [6, 6.07) is 16.3. The van der Waals surface area contributed by atoms with Crippen LogP contribution in [0, 0.1) is 6.92 Å². The number of likely N-dealkylation sites (tertiary alicyclic amines) is 2. The number of urea groups is 1. The number of hydrogen-bond acceptors (Lipinski definition) is 11. The SMILES string of the molecule is CCc1cn(C2CCN(CC3(F)CCN(C(=O)c4ccc([C@@H]5CN(c6cc(-c7ccccc7O)nnc6N)C[C@H](C)O5)c(C)c4)CC3)CC2)c2ncc(N3CCC(=O)NC3=O)cc12. The summed E-state index contributed by atoms with van der Waals surface area (Å²) in [6.07, 6.45) is 6.83. The van der Waals surface area contributed by atoms with Crippen LogP contribution < -0.4 is 20.9 Å². The highest BCUT2D eigenvalue weighted by molar-refractivity contribution is 6.06. The van der Waals surface area contributed by atoms with Gasteiger partial charge in [0.2, 0.25) is 5.91 Å². The van der Waals surface area contributed by atoms with E-state index in [-0.39, 0.29) is 60.9 Å². The Morgan fingerprint density at radius 1 is 1.02 bits per heavy atom. The number of fused-ring (bicyclic) bond motifs is 1. The molecule has 5 aromatic rings. The number of nitrogen functional groups attached to an aromatic ring is 1. The Hall–Kier alpha value is -6.13. The molecule has 9 rings (SSSR count). The quantitative estimate of drug-likeness (QED) is 0.151. The van der Waals surface area contributed by atoms with Gasteiger partial charge in [0.05, 0.1) is 29.4 Å². The molecule has 2 atom stereocenters. The van der Waals surface area contributed by atoms with Gasteiger partial charge in [-0.15, -0.1) is 10.2 Å². The molecule has 4 aliphatic rings. The van der Waals surface area contributed by atoms with E-state index in [2.05, 4.69) is 43.0 Å². The number of ether oxygens (including phenoxy) is 1. The van der Waals surface area contributed by atoms with Crippen molar-refractivity contribution in [2.75, 3.05) is 67.9 Å². The van der Waals surface area contributed by atoms with Gasteiger partial charge in [0.1, 0.15) is 23.2 Å². The van der Waals surface area contributed by atoms with Crippen LogP contribution in [0.2, 0.25) is 0 Å². The van der Waals surface area contributed by atoms with E-state index in [1.165, 1.54) is 0 Å². The molecule has 0 bridgehead atoms. The number of anilines is 3. The predicted molar refractivity (Wildman–Crippen MR) is 239 cm³/mol. The number of para-hydroxylation sites is 1. The molecule has 7 heterocycles. The maximum absolute atomic E-state index is 16.5. The molecule has 4 amide bonds. The second-order valence-electron chi connectivity index (χ2n) is 17.6. The summed E-state index contributed by atoms with van der Waals surface area (Å²) in [5.74, 6) is 0.0339. The predicted octanol–water partition coefficient (Wildman–Crippen LogP) is 6.35. The van der Waals surface area contributed by atoms with Gasteiger partial charge in [-0.3, -0.25) is 19.8 Å². The van der Waals surface area contributed by atoms with Crippen molar-refractivity contribution in [2.45, 2.75) is 83.2 Å². The van der Waals surface area contributed by atoms with Gasteiger partial charge in [0, 0.05) is 100 Å². The summed E-state index contributed by atoms with van der Waals surface area (Å²) >= 11 is 0. The fourth-order valence-corrected chi connectivity index (χ4v) is 9.87. The van der Waals surface area contributed by atoms with Crippen LogP contribution in [0.3, 0.4) is 0 Å². The van der Waals surface area contributed by atoms with Gasteiger partial charge in [0.25, 0.3) is 5.91 Å². The Morgan fingerprint density at radius 3 is 2.52 bits per heavy atom. The summed E-state index contributed by atoms with van der Waals surface area (Å²) in [7, 11) is 0. The summed E-state index contributed by atoms with van der Waals surface area (Å²) in [6.45, 7) is 10.1.